The second-order valence-corrected chi connectivity index (χ2v) is 5.93. The average Bonchev–Trinajstić information content (AvgIpc) is 2.42. The van der Waals surface area contributed by atoms with Crippen LogP contribution in [0.5, 0.6) is 0 Å². The minimum atomic E-state index is -0.100. The first kappa shape index (κ1) is 14.8. The van der Waals surface area contributed by atoms with Crippen molar-refractivity contribution in [1.29, 1.82) is 0 Å². The number of halogens is 2. The van der Waals surface area contributed by atoms with E-state index in [0.29, 0.717) is 18.5 Å². The summed E-state index contributed by atoms with van der Waals surface area (Å²) in [5, 5.41) is 9.33. The zero-order valence-corrected chi connectivity index (χ0v) is 12.8. The fraction of sp³-hybridized carbons (Fsp3) is 0.538. The van der Waals surface area contributed by atoms with E-state index >= 15 is 0 Å². The Balaban J connectivity index is 2.23. The van der Waals surface area contributed by atoms with Gasteiger partial charge in [-0.3, -0.25) is 4.79 Å². The molecule has 4 nitrogen and oxygen atoms in total. The van der Waals surface area contributed by atoms with Crippen LogP contribution in [-0.2, 0) is 0 Å². The van der Waals surface area contributed by atoms with Gasteiger partial charge in [-0.25, -0.2) is 4.98 Å². The molecule has 0 saturated carbocycles. The second kappa shape index (κ2) is 6.68. The number of rotatable bonds is 3. The summed E-state index contributed by atoms with van der Waals surface area (Å²) in [4.78, 5) is 18.4. The fourth-order valence-corrected chi connectivity index (χ4v) is 2.96. The van der Waals surface area contributed by atoms with E-state index in [-0.39, 0.29) is 23.7 Å². The van der Waals surface area contributed by atoms with E-state index in [4.69, 9.17) is 16.7 Å². The molecule has 1 atom stereocenters. The van der Waals surface area contributed by atoms with Crippen LogP contribution >= 0.6 is 27.5 Å². The Bertz CT molecular complexity index is 468. The van der Waals surface area contributed by atoms with Crippen LogP contribution in [-0.4, -0.2) is 40.1 Å². The van der Waals surface area contributed by atoms with Gasteiger partial charge in [0, 0.05) is 29.9 Å². The van der Waals surface area contributed by atoms with Crippen LogP contribution in [0, 0.1) is 0 Å². The first-order valence-electron chi connectivity index (χ1n) is 6.36. The van der Waals surface area contributed by atoms with E-state index in [0.717, 1.165) is 23.7 Å². The number of pyridine rings is 1. The summed E-state index contributed by atoms with van der Waals surface area (Å²) in [5.41, 5.74) is 0.417. The van der Waals surface area contributed by atoms with Crippen LogP contribution in [0.25, 0.3) is 0 Å². The highest BCUT2D eigenvalue weighted by Gasteiger charge is 2.28. The molecule has 0 aromatic carbocycles. The molecule has 0 radical (unpaired) electrons. The number of hydrogen-bond donors (Lipinski definition) is 1. The average molecular weight is 348 g/mol. The molecule has 0 spiro atoms. The van der Waals surface area contributed by atoms with Crippen LogP contribution in [0.4, 0.5) is 0 Å². The predicted octanol–water partition coefficient (Wildman–Crippen LogP) is 2.87. The maximum absolute atomic E-state index is 12.6. The molecule has 1 amide bonds. The summed E-state index contributed by atoms with van der Waals surface area (Å²) in [7, 11) is 0. The maximum atomic E-state index is 12.6. The van der Waals surface area contributed by atoms with Crippen molar-refractivity contribution in [3.8, 4) is 0 Å². The monoisotopic (exact) mass is 346 g/mol. The highest BCUT2D eigenvalue weighted by molar-refractivity contribution is 9.10. The summed E-state index contributed by atoms with van der Waals surface area (Å²) in [6, 6.07) is 1.80. The summed E-state index contributed by atoms with van der Waals surface area (Å²) in [5.74, 6) is -0.100. The Morgan fingerprint density at radius 2 is 2.37 bits per heavy atom. The molecule has 0 aliphatic carbocycles. The molecule has 1 aromatic heterocycles. The van der Waals surface area contributed by atoms with Crippen molar-refractivity contribution >= 4 is 33.4 Å². The third kappa shape index (κ3) is 3.46. The van der Waals surface area contributed by atoms with Crippen LogP contribution < -0.4 is 0 Å². The smallest absolute Gasteiger partial charge is 0.257 e. The molecule has 1 aliphatic heterocycles. The molecule has 1 fully saturated rings. The first-order chi connectivity index (χ1) is 9.13. The van der Waals surface area contributed by atoms with Gasteiger partial charge in [0.1, 0.15) is 5.15 Å². The minimum Gasteiger partial charge on any atom is -0.396 e. The minimum absolute atomic E-state index is 0.0961. The molecule has 19 heavy (non-hydrogen) atoms. The molecule has 6 heteroatoms. The first-order valence-corrected chi connectivity index (χ1v) is 7.53. The van der Waals surface area contributed by atoms with Crippen molar-refractivity contribution in [3.63, 3.8) is 0 Å². The molecule has 1 unspecified atom stereocenters. The summed E-state index contributed by atoms with van der Waals surface area (Å²) in [6.07, 6.45) is 5.21. The van der Waals surface area contributed by atoms with Gasteiger partial charge >= 0.3 is 0 Å². The lowest BCUT2D eigenvalue weighted by Gasteiger charge is -2.35. The molecular formula is C13H16BrClN2O2. The van der Waals surface area contributed by atoms with E-state index in [1.54, 1.807) is 12.3 Å². The number of likely N-dealkylation sites (tertiary alicyclic amines) is 1. The summed E-state index contributed by atoms with van der Waals surface area (Å²) in [6.45, 7) is 0.811. The number of nitrogens with zero attached hydrogens (tertiary/aromatic N) is 2. The van der Waals surface area contributed by atoms with E-state index in [1.807, 2.05) is 4.90 Å². The quantitative estimate of drug-likeness (QED) is 0.855. The second-order valence-electron chi connectivity index (χ2n) is 4.65. The van der Waals surface area contributed by atoms with Gasteiger partial charge in [-0.15, -0.1) is 0 Å². The van der Waals surface area contributed by atoms with Gasteiger partial charge in [-0.05, 0) is 47.7 Å². The number of amides is 1. The normalized spacial score (nSPS) is 19.5. The molecule has 2 rings (SSSR count). The number of aromatic nitrogens is 1. The lowest BCUT2D eigenvalue weighted by atomic mass is 9.98. The number of carbonyl (C=O) groups is 1. The SMILES string of the molecule is O=C(c1cc(Br)cnc1Cl)N1CCCCC1CCO. The molecule has 0 bridgehead atoms. The largest absolute Gasteiger partial charge is 0.396 e. The van der Waals surface area contributed by atoms with Crippen molar-refractivity contribution in [2.24, 2.45) is 0 Å². The molecule has 1 saturated heterocycles. The van der Waals surface area contributed by atoms with Crippen molar-refractivity contribution in [2.75, 3.05) is 13.2 Å². The zero-order chi connectivity index (χ0) is 13.8. The van der Waals surface area contributed by atoms with Crippen LogP contribution in [0.15, 0.2) is 16.7 Å². The number of carbonyl (C=O) groups excluding carboxylic acids is 1. The van der Waals surface area contributed by atoms with Crippen molar-refractivity contribution in [3.05, 3.63) is 27.5 Å². The summed E-state index contributed by atoms with van der Waals surface area (Å²) >= 11 is 9.31. The van der Waals surface area contributed by atoms with Gasteiger partial charge in [0.25, 0.3) is 5.91 Å². The van der Waals surface area contributed by atoms with Crippen LogP contribution in [0.1, 0.15) is 36.0 Å². The topological polar surface area (TPSA) is 53.4 Å². The van der Waals surface area contributed by atoms with Crippen molar-refractivity contribution in [1.82, 2.24) is 9.88 Å². The van der Waals surface area contributed by atoms with Crippen LogP contribution in [0.3, 0.4) is 0 Å². The van der Waals surface area contributed by atoms with Crippen LogP contribution in [0.2, 0.25) is 5.15 Å². The van der Waals surface area contributed by atoms with Crippen molar-refractivity contribution < 1.29 is 9.90 Å². The molecular weight excluding hydrogens is 332 g/mol. The zero-order valence-electron chi connectivity index (χ0n) is 10.5. The molecule has 2 heterocycles. The van der Waals surface area contributed by atoms with E-state index in [9.17, 15) is 4.79 Å². The number of piperidine rings is 1. The third-order valence-electron chi connectivity index (χ3n) is 3.39. The van der Waals surface area contributed by atoms with Gasteiger partial charge in [0.05, 0.1) is 5.56 Å². The Morgan fingerprint density at radius 3 is 3.11 bits per heavy atom. The Morgan fingerprint density at radius 1 is 1.58 bits per heavy atom. The van der Waals surface area contributed by atoms with E-state index in [1.165, 1.54) is 0 Å². The van der Waals surface area contributed by atoms with Gasteiger partial charge in [-0.1, -0.05) is 11.6 Å². The summed E-state index contributed by atoms with van der Waals surface area (Å²) < 4.78 is 0.732. The van der Waals surface area contributed by atoms with Gasteiger partial charge in [0.2, 0.25) is 0 Å². The Labute approximate surface area is 125 Å². The predicted molar refractivity (Wildman–Crippen MR) is 77.3 cm³/mol. The van der Waals surface area contributed by atoms with Gasteiger partial charge < -0.3 is 10.0 Å². The van der Waals surface area contributed by atoms with Crippen molar-refractivity contribution in [2.45, 2.75) is 31.7 Å². The maximum Gasteiger partial charge on any atom is 0.257 e. The Hall–Kier alpha value is -0.650. The molecule has 1 aliphatic rings. The van der Waals surface area contributed by atoms with Gasteiger partial charge in [0.15, 0.2) is 0 Å². The van der Waals surface area contributed by atoms with E-state index in [2.05, 4.69) is 20.9 Å². The third-order valence-corrected chi connectivity index (χ3v) is 4.12. The molecule has 104 valence electrons. The number of aliphatic hydroxyl groups excluding tert-OH is 1. The number of hydrogen-bond acceptors (Lipinski definition) is 3. The Kier molecular flexibility index (Phi) is 5.19. The standard InChI is InChI=1S/C13H16BrClN2O2/c14-9-7-11(12(15)16-8-9)13(19)17-5-2-1-3-10(17)4-6-18/h7-8,10,18H,1-6H2. The lowest BCUT2D eigenvalue weighted by Crippen LogP contribution is -2.44. The molecule has 1 aromatic rings. The molecule has 1 N–H and O–H groups in total. The fourth-order valence-electron chi connectivity index (χ4n) is 2.44. The van der Waals surface area contributed by atoms with E-state index < -0.39 is 0 Å². The highest BCUT2D eigenvalue weighted by Crippen LogP contribution is 2.25. The highest BCUT2D eigenvalue weighted by atomic mass is 79.9. The lowest BCUT2D eigenvalue weighted by molar-refractivity contribution is 0.0574. The van der Waals surface area contributed by atoms with Gasteiger partial charge in [-0.2, -0.15) is 0 Å². The number of aliphatic hydroxyl groups is 1.